The lowest BCUT2D eigenvalue weighted by molar-refractivity contribution is -0.140. The van der Waals surface area contributed by atoms with E-state index in [0.29, 0.717) is 11.1 Å². The first-order valence-electron chi connectivity index (χ1n) is 9.12. The summed E-state index contributed by atoms with van der Waals surface area (Å²) in [7, 11) is 0. The molecular weight excluding hydrogens is 403 g/mol. The molecule has 0 radical (unpaired) electrons. The molecule has 0 unspecified atom stereocenters. The van der Waals surface area contributed by atoms with Crippen LogP contribution in [0.25, 0.3) is 0 Å². The highest BCUT2D eigenvalue weighted by Crippen LogP contribution is 2.44. The number of carbonyl (C=O) groups is 2. The molecule has 0 aliphatic carbocycles. The second kappa shape index (κ2) is 9.51. The molecule has 1 amide bonds. The Hall–Kier alpha value is -3.23. The number of Topliss-reactive ketones (excluding diaryl/α,β-unsaturated/α-hetero) is 1. The Balaban J connectivity index is 2.22. The molecule has 0 spiro atoms. The number of benzene rings is 2. The van der Waals surface area contributed by atoms with E-state index in [4.69, 9.17) is 9.84 Å². The maximum Gasteiger partial charge on any atom is 0.423 e. The number of rotatable bonds is 8. The van der Waals surface area contributed by atoms with Gasteiger partial charge in [0.2, 0.25) is 0 Å². The molecule has 0 bridgehead atoms. The number of hydrogen-bond acceptors (Lipinski definition) is 4. The quantitative estimate of drug-likeness (QED) is 0.518. The van der Waals surface area contributed by atoms with Crippen molar-refractivity contribution in [3.05, 3.63) is 58.7 Å². The van der Waals surface area contributed by atoms with Crippen molar-refractivity contribution in [3.8, 4) is 11.5 Å². The molecule has 0 saturated carbocycles. The summed E-state index contributed by atoms with van der Waals surface area (Å²) >= 11 is 0. The Morgan fingerprint density at radius 1 is 1.07 bits per heavy atom. The van der Waals surface area contributed by atoms with Crippen LogP contribution in [0, 0.1) is 5.92 Å². The van der Waals surface area contributed by atoms with E-state index in [2.05, 4.69) is 5.32 Å². The van der Waals surface area contributed by atoms with E-state index >= 15 is 0 Å². The number of aromatic hydroxyl groups is 1. The summed E-state index contributed by atoms with van der Waals surface area (Å²) in [5.41, 5.74) is -0.567. The SMILES string of the molecule is CC(C)CC(=O)c1ccc(OCc2ccc(CNC(=O)O)cc2)c(C(F)(F)F)c1O. The number of carboxylic acid groups (broad SMARTS) is 1. The third-order valence-electron chi connectivity index (χ3n) is 4.18. The Kier molecular flexibility index (Phi) is 7.31. The Morgan fingerprint density at radius 2 is 1.67 bits per heavy atom. The zero-order valence-corrected chi connectivity index (χ0v) is 16.4. The monoisotopic (exact) mass is 425 g/mol. The highest BCUT2D eigenvalue weighted by atomic mass is 19.4. The van der Waals surface area contributed by atoms with Crippen LogP contribution in [0.15, 0.2) is 36.4 Å². The van der Waals surface area contributed by atoms with E-state index in [-0.39, 0.29) is 25.5 Å². The van der Waals surface area contributed by atoms with Gasteiger partial charge in [0.05, 0.1) is 5.56 Å². The third-order valence-corrected chi connectivity index (χ3v) is 4.18. The molecule has 3 N–H and O–H groups in total. The Bertz CT molecular complexity index is 908. The van der Waals surface area contributed by atoms with Crippen molar-refractivity contribution in [2.75, 3.05) is 0 Å². The van der Waals surface area contributed by atoms with E-state index in [1.165, 1.54) is 0 Å². The lowest BCUT2D eigenvalue weighted by atomic mass is 9.97. The van der Waals surface area contributed by atoms with Crippen molar-refractivity contribution in [3.63, 3.8) is 0 Å². The van der Waals surface area contributed by atoms with Crippen LogP contribution in [0.1, 0.15) is 47.3 Å². The van der Waals surface area contributed by atoms with Gasteiger partial charge in [-0.25, -0.2) is 4.79 Å². The fraction of sp³-hybridized carbons (Fsp3) is 0.333. The summed E-state index contributed by atoms with van der Waals surface area (Å²) in [6.07, 6.45) is -6.08. The molecule has 0 heterocycles. The smallest absolute Gasteiger partial charge is 0.423 e. The summed E-state index contributed by atoms with van der Waals surface area (Å²) in [5.74, 6) is -2.38. The summed E-state index contributed by atoms with van der Waals surface area (Å²) in [5, 5.41) is 20.9. The lowest BCUT2D eigenvalue weighted by Crippen LogP contribution is -2.19. The van der Waals surface area contributed by atoms with Gasteiger partial charge >= 0.3 is 12.3 Å². The van der Waals surface area contributed by atoms with Gasteiger partial charge < -0.3 is 20.3 Å². The normalized spacial score (nSPS) is 11.4. The van der Waals surface area contributed by atoms with Crippen LogP contribution < -0.4 is 10.1 Å². The fourth-order valence-electron chi connectivity index (χ4n) is 2.76. The molecule has 30 heavy (non-hydrogen) atoms. The second-order valence-corrected chi connectivity index (χ2v) is 7.12. The van der Waals surface area contributed by atoms with Gasteiger partial charge in [-0.3, -0.25) is 4.79 Å². The zero-order chi connectivity index (χ0) is 22.5. The summed E-state index contributed by atoms with van der Waals surface area (Å²) < 4.78 is 45.9. The first kappa shape index (κ1) is 23.1. The van der Waals surface area contributed by atoms with Crippen molar-refractivity contribution < 1.29 is 37.7 Å². The number of ketones is 1. The third kappa shape index (κ3) is 6.13. The van der Waals surface area contributed by atoms with Crippen molar-refractivity contribution in [1.29, 1.82) is 0 Å². The molecule has 0 saturated heterocycles. The van der Waals surface area contributed by atoms with Gasteiger partial charge in [-0.2, -0.15) is 13.2 Å². The number of alkyl halides is 3. The number of phenols is 1. The van der Waals surface area contributed by atoms with Gasteiger partial charge in [0.25, 0.3) is 0 Å². The number of amides is 1. The lowest BCUT2D eigenvalue weighted by Gasteiger charge is -2.18. The Morgan fingerprint density at radius 3 is 2.20 bits per heavy atom. The van der Waals surface area contributed by atoms with Crippen LogP contribution in [0.4, 0.5) is 18.0 Å². The van der Waals surface area contributed by atoms with Crippen LogP contribution in [0.3, 0.4) is 0 Å². The average Bonchev–Trinajstić information content (AvgIpc) is 2.63. The standard InChI is InChI=1S/C21H22F3NO5/c1-12(2)9-16(26)15-7-8-17(18(19(15)27)21(22,23)24)30-11-14-5-3-13(4-6-14)10-25-20(28)29/h3-8,12,25,27H,9-11H2,1-2H3,(H,28,29). The first-order valence-corrected chi connectivity index (χ1v) is 9.12. The summed E-state index contributed by atoms with van der Waals surface area (Å²) in [6.45, 7) is 3.38. The van der Waals surface area contributed by atoms with Crippen LogP contribution in [0.5, 0.6) is 11.5 Å². The molecular formula is C21H22F3NO5. The molecule has 9 heteroatoms. The highest BCUT2D eigenvalue weighted by Gasteiger charge is 2.39. The predicted octanol–water partition coefficient (Wildman–Crippen LogP) is 4.99. The molecule has 0 aromatic heterocycles. The van der Waals surface area contributed by atoms with Gasteiger partial charge in [0.1, 0.15) is 23.7 Å². The number of hydrogen-bond donors (Lipinski definition) is 3. The molecule has 2 rings (SSSR count). The second-order valence-electron chi connectivity index (χ2n) is 7.12. The fourth-order valence-corrected chi connectivity index (χ4v) is 2.76. The molecule has 2 aromatic carbocycles. The van der Waals surface area contributed by atoms with Gasteiger partial charge in [-0.1, -0.05) is 38.1 Å². The summed E-state index contributed by atoms with van der Waals surface area (Å²) in [4.78, 5) is 22.7. The number of halogens is 3. The largest absolute Gasteiger partial charge is 0.506 e. The van der Waals surface area contributed by atoms with Crippen molar-refractivity contribution >= 4 is 11.9 Å². The van der Waals surface area contributed by atoms with Crippen LogP contribution in [0.2, 0.25) is 0 Å². The molecule has 0 atom stereocenters. The minimum Gasteiger partial charge on any atom is -0.506 e. The molecule has 0 fully saturated rings. The number of carbonyl (C=O) groups excluding carboxylic acids is 1. The van der Waals surface area contributed by atoms with Crippen molar-refractivity contribution in [1.82, 2.24) is 5.32 Å². The maximum atomic E-state index is 13.5. The van der Waals surface area contributed by atoms with Gasteiger partial charge in [0.15, 0.2) is 5.78 Å². The minimum absolute atomic E-state index is 0.00808. The topological polar surface area (TPSA) is 95.9 Å². The predicted molar refractivity (Wildman–Crippen MR) is 103 cm³/mol. The van der Waals surface area contributed by atoms with Gasteiger partial charge in [-0.05, 0) is 29.2 Å². The Labute approximate surface area is 171 Å². The van der Waals surface area contributed by atoms with Crippen molar-refractivity contribution in [2.45, 2.75) is 39.6 Å². The molecule has 162 valence electrons. The molecule has 6 nitrogen and oxygen atoms in total. The molecule has 0 aliphatic rings. The van der Waals surface area contributed by atoms with Crippen molar-refractivity contribution in [2.24, 2.45) is 5.92 Å². The maximum absolute atomic E-state index is 13.5. The van der Waals surface area contributed by atoms with Gasteiger partial charge in [0, 0.05) is 13.0 Å². The van der Waals surface area contributed by atoms with E-state index < -0.39 is 40.7 Å². The molecule has 0 aliphatic heterocycles. The van der Waals surface area contributed by atoms with E-state index in [1.54, 1.807) is 38.1 Å². The average molecular weight is 425 g/mol. The summed E-state index contributed by atoms with van der Waals surface area (Å²) in [6, 6.07) is 8.57. The highest BCUT2D eigenvalue weighted by molar-refractivity contribution is 5.99. The van der Waals surface area contributed by atoms with Crippen LogP contribution in [-0.2, 0) is 19.3 Å². The van der Waals surface area contributed by atoms with E-state index in [1.807, 2.05) is 0 Å². The number of phenolic OH excluding ortho intramolecular Hbond substituents is 1. The van der Waals surface area contributed by atoms with Crippen LogP contribution >= 0.6 is 0 Å². The van der Waals surface area contributed by atoms with E-state index in [0.717, 1.165) is 12.1 Å². The van der Waals surface area contributed by atoms with E-state index in [9.17, 15) is 27.9 Å². The first-order chi connectivity index (χ1) is 14.0. The number of nitrogens with one attached hydrogen (secondary N) is 1. The minimum atomic E-state index is -4.92. The van der Waals surface area contributed by atoms with Gasteiger partial charge in [-0.15, -0.1) is 0 Å². The molecule has 2 aromatic rings. The number of ether oxygens (including phenoxy) is 1. The zero-order valence-electron chi connectivity index (χ0n) is 16.4. The van der Waals surface area contributed by atoms with Crippen LogP contribution in [-0.4, -0.2) is 22.1 Å².